The van der Waals surface area contributed by atoms with Crippen molar-refractivity contribution in [3.63, 3.8) is 0 Å². The van der Waals surface area contributed by atoms with E-state index in [0.717, 1.165) is 0 Å². The van der Waals surface area contributed by atoms with Crippen LogP contribution in [0.2, 0.25) is 0 Å². The summed E-state index contributed by atoms with van der Waals surface area (Å²) in [6.45, 7) is 1.91. The first kappa shape index (κ1) is 23.4. The third kappa shape index (κ3) is 4.95. The van der Waals surface area contributed by atoms with Gasteiger partial charge in [0.05, 0.1) is 31.3 Å². The average molecular weight is 478 g/mol. The third-order valence-corrected chi connectivity index (χ3v) is 5.19. The van der Waals surface area contributed by atoms with Crippen molar-refractivity contribution < 1.29 is 23.9 Å². The molecule has 1 amide bonds. The molecule has 4 rings (SSSR count). The predicted octanol–water partition coefficient (Wildman–Crippen LogP) is 2.83. The molecule has 0 aliphatic rings. The Balaban J connectivity index is 1.43. The second-order valence-corrected chi connectivity index (χ2v) is 7.39. The lowest BCUT2D eigenvalue weighted by Crippen LogP contribution is -2.28. The van der Waals surface area contributed by atoms with Gasteiger partial charge in [-0.15, -0.1) is 15.3 Å². The fraction of sp³-hybridized carbons (Fsp3) is 0.217. The number of nitrogens with one attached hydrogen (secondary N) is 1. The molecule has 2 heterocycles. The third-order valence-electron chi connectivity index (χ3n) is 5.19. The highest BCUT2D eigenvalue weighted by Gasteiger charge is 2.17. The standard InChI is InChI=1S/C23H22N6O6/c1-14-4-5-15(12-18(14)29(31)32)23(30)24-10-11-35-21-9-8-20-25-26-22(28(20)27-21)17-7-6-16(33-2)13-19(17)34-3/h4-9,12-13H,10-11H2,1-3H3,(H,24,30). The van der Waals surface area contributed by atoms with Crippen LogP contribution in [0.15, 0.2) is 48.5 Å². The SMILES string of the molecule is COc1ccc(-c2nnc3ccc(OCCNC(=O)c4ccc(C)c([N+](=O)[O-])c4)nn23)c(OC)c1. The van der Waals surface area contributed by atoms with Crippen molar-refractivity contribution in [1.29, 1.82) is 0 Å². The van der Waals surface area contributed by atoms with Gasteiger partial charge in [0, 0.05) is 29.3 Å². The number of nitrogens with zero attached hydrogens (tertiary/aromatic N) is 5. The summed E-state index contributed by atoms with van der Waals surface area (Å²) < 4.78 is 17.9. The van der Waals surface area contributed by atoms with Crippen molar-refractivity contribution in [3.05, 3.63) is 69.8 Å². The molecule has 0 radical (unpaired) electrons. The number of amides is 1. The predicted molar refractivity (Wildman–Crippen MR) is 125 cm³/mol. The van der Waals surface area contributed by atoms with Crippen molar-refractivity contribution in [2.75, 3.05) is 27.4 Å². The number of methoxy groups -OCH3 is 2. The molecule has 35 heavy (non-hydrogen) atoms. The van der Waals surface area contributed by atoms with Crippen molar-refractivity contribution in [3.8, 4) is 28.8 Å². The number of nitro benzene ring substituents is 1. The Bertz CT molecular complexity index is 1400. The Kier molecular flexibility index (Phi) is 6.71. The lowest BCUT2D eigenvalue weighted by molar-refractivity contribution is -0.385. The maximum absolute atomic E-state index is 12.3. The first-order valence-corrected chi connectivity index (χ1v) is 10.5. The van der Waals surface area contributed by atoms with Crippen LogP contribution in [0.25, 0.3) is 17.0 Å². The summed E-state index contributed by atoms with van der Waals surface area (Å²) in [6, 6.07) is 13.0. The summed E-state index contributed by atoms with van der Waals surface area (Å²) in [7, 11) is 3.12. The molecule has 2 aromatic carbocycles. The van der Waals surface area contributed by atoms with Crippen molar-refractivity contribution >= 4 is 17.2 Å². The van der Waals surface area contributed by atoms with E-state index in [1.807, 2.05) is 0 Å². The number of aromatic nitrogens is 4. The Morgan fingerprint density at radius 3 is 2.66 bits per heavy atom. The molecule has 0 atom stereocenters. The highest BCUT2D eigenvalue weighted by molar-refractivity contribution is 5.95. The van der Waals surface area contributed by atoms with E-state index in [0.29, 0.717) is 40.0 Å². The number of nitro groups is 1. The minimum absolute atomic E-state index is 0.107. The zero-order chi connectivity index (χ0) is 24.9. The number of carbonyl (C=O) groups excluding carboxylic acids is 1. The van der Waals surface area contributed by atoms with E-state index in [1.165, 1.54) is 22.7 Å². The normalized spacial score (nSPS) is 10.7. The summed E-state index contributed by atoms with van der Waals surface area (Å²) in [6.07, 6.45) is 0. The number of carbonyl (C=O) groups is 1. The molecule has 12 nitrogen and oxygen atoms in total. The van der Waals surface area contributed by atoms with Crippen LogP contribution >= 0.6 is 0 Å². The quantitative estimate of drug-likeness (QED) is 0.218. The molecule has 12 heteroatoms. The van der Waals surface area contributed by atoms with E-state index in [2.05, 4.69) is 20.6 Å². The molecule has 1 N–H and O–H groups in total. The number of ether oxygens (including phenoxy) is 3. The van der Waals surface area contributed by atoms with Gasteiger partial charge in [0.2, 0.25) is 5.88 Å². The zero-order valence-corrected chi connectivity index (χ0v) is 19.2. The van der Waals surface area contributed by atoms with E-state index in [1.54, 1.807) is 51.5 Å². The molecule has 180 valence electrons. The lowest BCUT2D eigenvalue weighted by Gasteiger charge is -2.10. The van der Waals surface area contributed by atoms with Gasteiger partial charge in [-0.3, -0.25) is 14.9 Å². The van der Waals surface area contributed by atoms with Gasteiger partial charge < -0.3 is 19.5 Å². The molecule has 0 aliphatic heterocycles. The molecule has 0 spiro atoms. The van der Waals surface area contributed by atoms with Crippen LogP contribution in [0.1, 0.15) is 15.9 Å². The maximum Gasteiger partial charge on any atom is 0.273 e. The van der Waals surface area contributed by atoms with Gasteiger partial charge in [-0.1, -0.05) is 6.07 Å². The molecule has 4 aromatic rings. The van der Waals surface area contributed by atoms with Crippen LogP contribution in [0.5, 0.6) is 17.4 Å². The second-order valence-electron chi connectivity index (χ2n) is 7.39. The summed E-state index contributed by atoms with van der Waals surface area (Å²) in [5.41, 5.74) is 1.76. The first-order valence-electron chi connectivity index (χ1n) is 10.5. The zero-order valence-electron chi connectivity index (χ0n) is 19.2. The van der Waals surface area contributed by atoms with Gasteiger partial charge in [0.1, 0.15) is 18.1 Å². The minimum Gasteiger partial charge on any atom is -0.497 e. The van der Waals surface area contributed by atoms with Crippen molar-refractivity contribution in [1.82, 2.24) is 25.1 Å². The highest BCUT2D eigenvalue weighted by Crippen LogP contribution is 2.32. The smallest absolute Gasteiger partial charge is 0.273 e. The first-order chi connectivity index (χ1) is 16.9. The Morgan fingerprint density at radius 1 is 1.09 bits per heavy atom. The van der Waals surface area contributed by atoms with Gasteiger partial charge >= 0.3 is 0 Å². The van der Waals surface area contributed by atoms with Crippen LogP contribution < -0.4 is 19.5 Å². The second kappa shape index (κ2) is 10.0. The molecule has 0 saturated heterocycles. The molecule has 0 unspecified atom stereocenters. The van der Waals surface area contributed by atoms with Crippen molar-refractivity contribution in [2.24, 2.45) is 0 Å². The van der Waals surface area contributed by atoms with E-state index in [-0.39, 0.29) is 24.4 Å². The highest BCUT2D eigenvalue weighted by atomic mass is 16.6. The maximum atomic E-state index is 12.3. The van der Waals surface area contributed by atoms with Gasteiger partial charge in [-0.2, -0.15) is 4.52 Å². The summed E-state index contributed by atoms with van der Waals surface area (Å²) >= 11 is 0. The van der Waals surface area contributed by atoms with Crippen molar-refractivity contribution in [2.45, 2.75) is 6.92 Å². The van der Waals surface area contributed by atoms with Gasteiger partial charge in [0.25, 0.3) is 11.6 Å². The fourth-order valence-corrected chi connectivity index (χ4v) is 3.37. The number of benzene rings is 2. The van der Waals surface area contributed by atoms with E-state index in [4.69, 9.17) is 14.2 Å². The molecule has 0 aliphatic carbocycles. The van der Waals surface area contributed by atoms with Crippen LogP contribution in [0.4, 0.5) is 5.69 Å². The average Bonchev–Trinajstić information content (AvgIpc) is 3.29. The van der Waals surface area contributed by atoms with E-state index >= 15 is 0 Å². The van der Waals surface area contributed by atoms with Gasteiger partial charge in [0.15, 0.2) is 11.5 Å². The molecular formula is C23H22N6O6. The summed E-state index contributed by atoms with van der Waals surface area (Å²) in [4.78, 5) is 22.9. The molecule has 0 bridgehead atoms. The van der Waals surface area contributed by atoms with E-state index < -0.39 is 10.8 Å². The Morgan fingerprint density at radius 2 is 1.91 bits per heavy atom. The monoisotopic (exact) mass is 478 g/mol. The minimum atomic E-state index is -0.516. The number of hydrogen-bond acceptors (Lipinski definition) is 9. The fourth-order valence-electron chi connectivity index (χ4n) is 3.37. The topological polar surface area (TPSA) is 143 Å². The van der Waals surface area contributed by atoms with E-state index in [9.17, 15) is 14.9 Å². The molecule has 2 aromatic heterocycles. The van der Waals surface area contributed by atoms with Gasteiger partial charge in [-0.05, 0) is 31.2 Å². The number of fused-ring (bicyclic) bond motifs is 1. The van der Waals surface area contributed by atoms with Crippen LogP contribution in [-0.2, 0) is 0 Å². The van der Waals surface area contributed by atoms with Crippen LogP contribution in [-0.4, -0.2) is 58.0 Å². The molecular weight excluding hydrogens is 456 g/mol. The number of aryl methyl sites for hydroxylation is 1. The summed E-state index contributed by atoms with van der Waals surface area (Å²) in [5, 5.41) is 26.6. The lowest BCUT2D eigenvalue weighted by atomic mass is 10.1. The summed E-state index contributed by atoms with van der Waals surface area (Å²) in [5.74, 6) is 1.50. The van der Waals surface area contributed by atoms with Crippen LogP contribution in [0.3, 0.4) is 0 Å². The Labute approximate surface area is 199 Å². The Hall–Kier alpha value is -4.74. The van der Waals surface area contributed by atoms with Gasteiger partial charge in [-0.25, -0.2) is 0 Å². The molecule has 0 fully saturated rings. The molecule has 0 saturated carbocycles. The number of hydrogen-bond donors (Lipinski definition) is 1. The number of rotatable bonds is 9. The largest absolute Gasteiger partial charge is 0.497 e. The van der Waals surface area contributed by atoms with Crippen LogP contribution in [0, 0.1) is 17.0 Å².